The van der Waals surface area contributed by atoms with Gasteiger partial charge >= 0.3 is 0 Å². The molecule has 0 saturated heterocycles. The van der Waals surface area contributed by atoms with Gasteiger partial charge in [0.25, 0.3) is 0 Å². The predicted octanol–water partition coefficient (Wildman–Crippen LogP) is 2.49. The average molecular weight is 290 g/mol. The third-order valence-corrected chi connectivity index (χ3v) is 3.36. The van der Waals surface area contributed by atoms with Gasteiger partial charge in [0.1, 0.15) is 5.82 Å². The number of carbonyl (C=O) groups is 1. The van der Waals surface area contributed by atoms with Crippen molar-refractivity contribution in [2.24, 2.45) is 5.73 Å². The van der Waals surface area contributed by atoms with Crippen molar-refractivity contribution in [3.63, 3.8) is 0 Å². The minimum atomic E-state index is -0.458. The van der Waals surface area contributed by atoms with E-state index in [1.54, 1.807) is 36.7 Å². The van der Waals surface area contributed by atoms with Crippen molar-refractivity contribution < 1.29 is 4.79 Å². The summed E-state index contributed by atoms with van der Waals surface area (Å²) in [7, 11) is 0. The van der Waals surface area contributed by atoms with Crippen LogP contribution in [-0.4, -0.2) is 15.9 Å². The summed E-state index contributed by atoms with van der Waals surface area (Å²) >= 11 is 0. The molecular formula is C17H14N4O. The fraction of sp³-hybridized carbons (Fsp3) is 0. The van der Waals surface area contributed by atoms with Gasteiger partial charge in [-0.2, -0.15) is 0 Å². The number of nitrogens with two attached hydrogens (primary N) is 2. The summed E-state index contributed by atoms with van der Waals surface area (Å²) in [5.41, 5.74) is 15.0. The largest absolute Gasteiger partial charge is 0.383 e. The lowest BCUT2D eigenvalue weighted by Gasteiger charge is -2.08. The van der Waals surface area contributed by atoms with E-state index in [9.17, 15) is 4.79 Å². The average Bonchev–Trinajstić information content (AvgIpc) is 2.56. The highest BCUT2D eigenvalue weighted by Gasteiger charge is 2.08. The zero-order valence-corrected chi connectivity index (χ0v) is 11.7. The zero-order chi connectivity index (χ0) is 15.5. The first-order valence-electron chi connectivity index (χ1n) is 6.72. The Hall–Kier alpha value is -3.21. The maximum absolute atomic E-state index is 11.1. The number of anilines is 1. The fourth-order valence-electron chi connectivity index (χ4n) is 2.19. The van der Waals surface area contributed by atoms with Crippen molar-refractivity contribution in [2.75, 3.05) is 5.73 Å². The summed E-state index contributed by atoms with van der Waals surface area (Å²) in [6.07, 6.45) is 3.42. The summed E-state index contributed by atoms with van der Waals surface area (Å²) in [6, 6.07) is 14.6. The number of hydrogen-bond donors (Lipinski definition) is 2. The van der Waals surface area contributed by atoms with E-state index in [1.165, 1.54) is 0 Å². The number of aromatic nitrogens is 2. The van der Waals surface area contributed by atoms with E-state index in [0.717, 1.165) is 22.4 Å². The van der Waals surface area contributed by atoms with E-state index in [-0.39, 0.29) is 0 Å². The number of rotatable bonds is 3. The van der Waals surface area contributed by atoms with Crippen LogP contribution in [0.3, 0.4) is 0 Å². The van der Waals surface area contributed by atoms with Crippen molar-refractivity contribution in [1.29, 1.82) is 0 Å². The van der Waals surface area contributed by atoms with E-state index < -0.39 is 5.91 Å². The summed E-state index contributed by atoms with van der Waals surface area (Å²) < 4.78 is 0. The molecule has 0 fully saturated rings. The van der Waals surface area contributed by atoms with Gasteiger partial charge in [-0.1, -0.05) is 18.2 Å². The smallest absolute Gasteiger partial charge is 0.248 e. The molecule has 0 aliphatic heterocycles. The lowest BCUT2D eigenvalue weighted by molar-refractivity contribution is 0.100. The van der Waals surface area contributed by atoms with Crippen LogP contribution in [0.15, 0.2) is 60.9 Å². The molecule has 5 heteroatoms. The molecule has 3 rings (SSSR count). The summed E-state index contributed by atoms with van der Waals surface area (Å²) in [4.78, 5) is 19.7. The van der Waals surface area contributed by atoms with Gasteiger partial charge in [-0.3, -0.25) is 9.78 Å². The SMILES string of the molecule is NC(=O)c1ccc(-c2cc(-c3ccccn3)cnc2N)cc1. The molecule has 0 bridgehead atoms. The van der Waals surface area contributed by atoms with Gasteiger partial charge in [0.2, 0.25) is 5.91 Å². The predicted molar refractivity (Wildman–Crippen MR) is 85.8 cm³/mol. The van der Waals surface area contributed by atoms with E-state index in [0.29, 0.717) is 11.4 Å². The maximum Gasteiger partial charge on any atom is 0.248 e. The Balaban J connectivity index is 2.05. The number of nitrogen functional groups attached to an aromatic ring is 1. The molecule has 2 heterocycles. The van der Waals surface area contributed by atoms with Crippen molar-refractivity contribution in [2.45, 2.75) is 0 Å². The Bertz CT molecular complexity index is 814. The van der Waals surface area contributed by atoms with Crippen LogP contribution in [0.1, 0.15) is 10.4 Å². The molecule has 22 heavy (non-hydrogen) atoms. The summed E-state index contributed by atoms with van der Waals surface area (Å²) in [6.45, 7) is 0. The fourth-order valence-corrected chi connectivity index (χ4v) is 2.19. The highest BCUT2D eigenvalue weighted by atomic mass is 16.1. The van der Waals surface area contributed by atoms with Gasteiger partial charge in [0.05, 0.1) is 5.69 Å². The molecule has 4 N–H and O–H groups in total. The molecule has 0 aliphatic carbocycles. The lowest BCUT2D eigenvalue weighted by atomic mass is 10.0. The summed E-state index contributed by atoms with van der Waals surface area (Å²) in [5.74, 6) is -0.0358. The second-order valence-corrected chi connectivity index (χ2v) is 4.81. The third-order valence-electron chi connectivity index (χ3n) is 3.36. The van der Waals surface area contributed by atoms with Crippen molar-refractivity contribution in [1.82, 2.24) is 9.97 Å². The molecule has 0 unspecified atom stereocenters. The standard InChI is InChI=1S/C17H14N4O/c18-16-14(11-4-6-12(7-5-11)17(19)22)9-13(10-21-16)15-3-1-2-8-20-15/h1-10H,(H2,18,21)(H2,19,22). The molecule has 108 valence electrons. The minimum Gasteiger partial charge on any atom is -0.383 e. The first-order valence-corrected chi connectivity index (χ1v) is 6.72. The molecule has 5 nitrogen and oxygen atoms in total. The van der Waals surface area contributed by atoms with E-state index in [2.05, 4.69) is 9.97 Å². The van der Waals surface area contributed by atoms with Crippen LogP contribution in [0, 0.1) is 0 Å². The Morgan fingerprint density at radius 2 is 1.73 bits per heavy atom. The quantitative estimate of drug-likeness (QED) is 0.774. The number of primary amides is 1. The van der Waals surface area contributed by atoms with Gasteiger partial charge in [-0.05, 0) is 35.9 Å². The highest BCUT2D eigenvalue weighted by molar-refractivity contribution is 5.93. The Kier molecular flexibility index (Phi) is 3.53. The number of carbonyl (C=O) groups excluding carboxylic acids is 1. The van der Waals surface area contributed by atoms with Crippen LogP contribution in [0.2, 0.25) is 0 Å². The molecule has 0 saturated carbocycles. The van der Waals surface area contributed by atoms with Crippen LogP contribution < -0.4 is 11.5 Å². The van der Waals surface area contributed by atoms with Gasteiger partial charge in [-0.25, -0.2) is 4.98 Å². The Morgan fingerprint density at radius 1 is 0.955 bits per heavy atom. The molecule has 0 radical (unpaired) electrons. The molecule has 3 aromatic rings. The van der Waals surface area contributed by atoms with Gasteiger partial charge in [0, 0.05) is 29.1 Å². The normalized spacial score (nSPS) is 10.4. The van der Waals surface area contributed by atoms with Crippen LogP contribution in [0.4, 0.5) is 5.82 Å². The van der Waals surface area contributed by atoms with Crippen molar-refractivity contribution in [3.05, 3.63) is 66.5 Å². The monoisotopic (exact) mass is 290 g/mol. The van der Waals surface area contributed by atoms with E-state index in [4.69, 9.17) is 11.5 Å². The first kappa shape index (κ1) is 13.8. The molecule has 0 spiro atoms. The first-order chi connectivity index (χ1) is 10.6. The van der Waals surface area contributed by atoms with Gasteiger partial charge in [-0.15, -0.1) is 0 Å². The third kappa shape index (κ3) is 2.64. The Morgan fingerprint density at radius 3 is 2.36 bits per heavy atom. The van der Waals surface area contributed by atoms with Crippen LogP contribution in [0.5, 0.6) is 0 Å². The number of nitrogens with zero attached hydrogens (tertiary/aromatic N) is 2. The van der Waals surface area contributed by atoms with Gasteiger partial charge in [0.15, 0.2) is 0 Å². The van der Waals surface area contributed by atoms with Crippen molar-refractivity contribution in [3.8, 4) is 22.4 Å². The maximum atomic E-state index is 11.1. The molecule has 1 aromatic carbocycles. The second kappa shape index (κ2) is 5.65. The van der Waals surface area contributed by atoms with Crippen molar-refractivity contribution >= 4 is 11.7 Å². The van der Waals surface area contributed by atoms with Crippen LogP contribution in [-0.2, 0) is 0 Å². The highest BCUT2D eigenvalue weighted by Crippen LogP contribution is 2.28. The number of pyridine rings is 2. The van der Waals surface area contributed by atoms with Crippen LogP contribution >= 0.6 is 0 Å². The number of hydrogen-bond acceptors (Lipinski definition) is 4. The van der Waals surface area contributed by atoms with Gasteiger partial charge < -0.3 is 11.5 Å². The minimum absolute atomic E-state index is 0.423. The van der Waals surface area contributed by atoms with Crippen LogP contribution in [0.25, 0.3) is 22.4 Å². The molecule has 0 aliphatic rings. The van der Waals surface area contributed by atoms with E-state index in [1.807, 2.05) is 24.3 Å². The summed E-state index contributed by atoms with van der Waals surface area (Å²) in [5, 5.41) is 0. The second-order valence-electron chi connectivity index (χ2n) is 4.81. The number of benzene rings is 1. The molecule has 1 amide bonds. The Labute approximate surface area is 127 Å². The molecule has 2 aromatic heterocycles. The van der Waals surface area contributed by atoms with E-state index >= 15 is 0 Å². The number of amides is 1. The molecule has 0 atom stereocenters. The zero-order valence-electron chi connectivity index (χ0n) is 11.7. The molecular weight excluding hydrogens is 276 g/mol. The lowest BCUT2D eigenvalue weighted by Crippen LogP contribution is -2.10. The topological polar surface area (TPSA) is 94.9 Å².